The lowest BCUT2D eigenvalue weighted by atomic mass is 10.1. The summed E-state index contributed by atoms with van der Waals surface area (Å²) >= 11 is 0. The molecule has 6 N–H and O–H groups in total. The number of hydrogen-bond donors (Lipinski definition) is 6. The van der Waals surface area contributed by atoms with E-state index in [4.69, 9.17) is 19.4 Å². The zero-order valence-corrected chi connectivity index (χ0v) is 16.6. The molecule has 6 unspecified atom stereocenters. The number of aliphatic hydroxyl groups is 2. The smallest absolute Gasteiger partial charge is 0.387 e. The maximum absolute atomic E-state index is 11.6. The summed E-state index contributed by atoms with van der Waals surface area (Å²) in [6.45, 7) is 2.74. The van der Waals surface area contributed by atoms with Crippen LogP contribution < -0.4 is 0 Å². The fourth-order valence-electron chi connectivity index (χ4n) is 1.97. The van der Waals surface area contributed by atoms with E-state index >= 15 is 0 Å². The highest BCUT2D eigenvalue weighted by Gasteiger charge is 2.47. The number of nitrogens with zero attached hydrogens (tertiary/aromatic N) is 1. The van der Waals surface area contributed by atoms with Gasteiger partial charge in [0, 0.05) is 6.04 Å². The highest BCUT2D eigenvalue weighted by molar-refractivity contribution is 7.66. The standard InChI is InChI=1S/C9H22NO13P3/c1-5(2)10(3)9-8(12)7(11)6(21-9)4-20-25(16,17)23-26(18,19)22-24(13,14)15/h5-9,11-12H,4H2,1-3H3,(H,16,17)(H,18,19)(H2,13,14,15). The summed E-state index contributed by atoms with van der Waals surface area (Å²) in [4.78, 5) is 36.8. The molecule has 0 bridgehead atoms. The summed E-state index contributed by atoms with van der Waals surface area (Å²) in [6.07, 6.45) is -5.11. The van der Waals surface area contributed by atoms with Crippen LogP contribution in [0.25, 0.3) is 0 Å². The predicted molar refractivity (Wildman–Crippen MR) is 83.4 cm³/mol. The zero-order chi connectivity index (χ0) is 20.5. The summed E-state index contributed by atoms with van der Waals surface area (Å²) in [5.41, 5.74) is 0. The van der Waals surface area contributed by atoms with Gasteiger partial charge in [-0.05, 0) is 20.9 Å². The quantitative estimate of drug-likeness (QED) is 0.238. The molecule has 14 nitrogen and oxygen atoms in total. The van der Waals surface area contributed by atoms with Crippen molar-refractivity contribution in [1.29, 1.82) is 0 Å². The van der Waals surface area contributed by atoms with E-state index in [9.17, 15) is 28.8 Å². The Morgan fingerprint density at radius 2 is 1.54 bits per heavy atom. The second kappa shape index (κ2) is 8.73. The molecule has 0 aromatic carbocycles. The molecule has 0 aromatic heterocycles. The highest BCUT2D eigenvalue weighted by Crippen LogP contribution is 2.66. The van der Waals surface area contributed by atoms with Crippen LogP contribution in [0.1, 0.15) is 13.8 Å². The first-order valence-electron chi connectivity index (χ1n) is 7.06. The molecule has 26 heavy (non-hydrogen) atoms. The van der Waals surface area contributed by atoms with Crippen LogP contribution in [0.15, 0.2) is 0 Å². The van der Waals surface area contributed by atoms with Gasteiger partial charge in [0.15, 0.2) is 0 Å². The van der Waals surface area contributed by atoms with E-state index in [0.717, 1.165) is 0 Å². The first kappa shape index (κ1) is 24.3. The molecule has 1 rings (SSSR count). The first-order valence-corrected chi connectivity index (χ1v) is 11.6. The average Bonchev–Trinajstić information content (AvgIpc) is 2.68. The van der Waals surface area contributed by atoms with E-state index in [1.54, 1.807) is 25.8 Å². The maximum Gasteiger partial charge on any atom is 0.490 e. The SMILES string of the molecule is CC(C)N(C)C1OC(COP(=O)(O)OP(=O)(O)OP(=O)(O)O)C(O)C1O. The molecule has 0 aliphatic carbocycles. The Bertz CT molecular complexity index is 622. The van der Waals surface area contributed by atoms with Crippen molar-refractivity contribution in [3.63, 3.8) is 0 Å². The molecule has 0 aromatic rings. The van der Waals surface area contributed by atoms with E-state index in [2.05, 4.69) is 13.1 Å². The lowest BCUT2D eigenvalue weighted by molar-refractivity contribution is -0.0970. The Hall–Kier alpha value is 0.250. The van der Waals surface area contributed by atoms with E-state index in [-0.39, 0.29) is 6.04 Å². The van der Waals surface area contributed by atoms with Crippen molar-refractivity contribution >= 4 is 23.5 Å². The lowest BCUT2D eigenvalue weighted by Gasteiger charge is -2.29. The van der Waals surface area contributed by atoms with Crippen molar-refractivity contribution in [2.24, 2.45) is 0 Å². The maximum atomic E-state index is 11.6. The monoisotopic (exact) mass is 445 g/mol. The molecule has 0 radical (unpaired) electrons. The van der Waals surface area contributed by atoms with Gasteiger partial charge in [0.2, 0.25) is 0 Å². The molecular weight excluding hydrogens is 423 g/mol. The summed E-state index contributed by atoms with van der Waals surface area (Å²) in [5.74, 6) is 0. The minimum absolute atomic E-state index is 0.0705. The van der Waals surface area contributed by atoms with Crippen molar-refractivity contribution in [1.82, 2.24) is 4.90 Å². The van der Waals surface area contributed by atoms with E-state index < -0.39 is 54.6 Å². The summed E-state index contributed by atoms with van der Waals surface area (Å²) in [6, 6.07) is -0.0705. The van der Waals surface area contributed by atoms with Gasteiger partial charge in [-0.3, -0.25) is 9.42 Å². The summed E-state index contributed by atoms with van der Waals surface area (Å²) in [5, 5.41) is 19.9. The molecule has 1 aliphatic heterocycles. The molecule has 0 saturated carbocycles. The topological polar surface area (TPSA) is 213 Å². The Balaban J connectivity index is 2.69. The van der Waals surface area contributed by atoms with Gasteiger partial charge in [0.25, 0.3) is 0 Å². The van der Waals surface area contributed by atoms with Crippen molar-refractivity contribution in [2.75, 3.05) is 13.7 Å². The van der Waals surface area contributed by atoms with Gasteiger partial charge < -0.3 is 34.5 Å². The molecule has 1 saturated heterocycles. The van der Waals surface area contributed by atoms with Crippen LogP contribution in [0.2, 0.25) is 0 Å². The zero-order valence-electron chi connectivity index (χ0n) is 13.9. The van der Waals surface area contributed by atoms with Crippen LogP contribution in [0.4, 0.5) is 0 Å². The third-order valence-corrected chi connectivity index (χ3v) is 7.17. The molecule has 0 spiro atoms. The van der Waals surface area contributed by atoms with Crippen LogP contribution in [0, 0.1) is 0 Å². The Morgan fingerprint density at radius 3 is 2.00 bits per heavy atom. The minimum Gasteiger partial charge on any atom is -0.387 e. The largest absolute Gasteiger partial charge is 0.490 e. The number of phosphoric ester groups is 1. The van der Waals surface area contributed by atoms with Gasteiger partial charge in [0.1, 0.15) is 24.5 Å². The van der Waals surface area contributed by atoms with Gasteiger partial charge in [-0.2, -0.15) is 8.62 Å². The number of ether oxygens (including phenoxy) is 1. The van der Waals surface area contributed by atoms with Crippen molar-refractivity contribution in [3.8, 4) is 0 Å². The van der Waals surface area contributed by atoms with Crippen LogP contribution in [0.3, 0.4) is 0 Å². The molecule has 17 heteroatoms. The van der Waals surface area contributed by atoms with Crippen LogP contribution in [-0.2, 0) is 31.6 Å². The third kappa shape index (κ3) is 7.34. The Labute approximate surface area is 148 Å². The third-order valence-electron chi connectivity index (χ3n) is 3.37. The van der Waals surface area contributed by atoms with E-state index in [0.29, 0.717) is 0 Å². The van der Waals surface area contributed by atoms with Gasteiger partial charge in [-0.1, -0.05) is 0 Å². The number of likely N-dealkylation sites (N-methyl/N-ethyl adjacent to an activating group) is 1. The number of phosphoric acid groups is 3. The van der Waals surface area contributed by atoms with Gasteiger partial charge in [-0.25, -0.2) is 13.7 Å². The number of rotatable bonds is 9. The van der Waals surface area contributed by atoms with Crippen LogP contribution in [0.5, 0.6) is 0 Å². The normalized spacial score (nSPS) is 32.0. The Morgan fingerprint density at radius 1 is 1.00 bits per heavy atom. The molecule has 156 valence electrons. The summed E-state index contributed by atoms with van der Waals surface area (Å²) < 4.78 is 50.2. The van der Waals surface area contributed by atoms with Crippen molar-refractivity contribution in [3.05, 3.63) is 0 Å². The first-order chi connectivity index (χ1) is 11.5. The van der Waals surface area contributed by atoms with Crippen LogP contribution >= 0.6 is 23.5 Å². The number of aliphatic hydroxyl groups excluding tert-OH is 2. The van der Waals surface area contributed by atoms with E-state index in [1.165, 1.54) is 0 Å². The van der Waals surface area contributed by atoms with Crippen molar-refractivity contribution < 1.29 is 61.4 Å². The fraction of sp³-hybridized carbons (Fsp3) is 1.00. The number of hydrogen-bond acceptors (Lipinski definition) is 10. The van der Waals surface area contributed by atoms with E-state index in [1.807, 2.05) is 0 Å². The minimum atomic E-state index is -5.63. The Kier molecular flexibility index (Phi) is 8.15. The molecule has 1 aliphatic rings. The second-order valence-corrected chi connectivity index (χ2v) is 10.1. The van der Waals surface area contributed by atoms with Gasteiger partial charge in [0.05, 0.1) is 6.61 Å². The fourth-order valence-corrected chi connectivity index (χ4v) is 5.00. The molecular formula is C9H22NO13P3. The van der Waals surface area contributed by atoms with Crippen molar-refractivity contribution in [2.45, 2.75) is 44.4 Å². The highest BCUT2D eigenvalue weighted by atomic mass is 31.3. The lowest BCUT2D eigenvalue weighted by Crippen LogP contribution is -2.45. The van der Waals surface area contributed by atoms with Crippen LogP contribution in [-0.4, -0.2) is 78.9 Å². The summed E-state index contributed by atoms with van der Waals surface area (Å²) in [7, 11) is -14.8. The second-order valence-electron chi connectivity index (χ2n) is 5.69. The predicted octanol–water partition coefficient (Wildman–Crippen LogP) is -0.883. The van der Waals surface area contributed by atoms with Gasteiger partial charge in [-0.15, -0.1) is 0 Å². The molecule has 0 amide bonds. The average molecular weight is 445 g/mol. The molecule has 1 heterocycles. The molecule has 6 atom stereocenters. The van der Waals surface area contributed by atoms with Gasteiger partial charge >= 0.3 is 23.5 Å². The molecule has 1 fully saturated rings.